The molecule has 0 spiro atoms. The van der Waals surface area contributed by atoms with Gasteiger partial charge in [0.15, 0.2) is 0 Å². The van der Waals surface area contributed by atoms with Gasteiger partial charge in [-0.3, -0.25) is 9.59 Å². The fourth-order valence-electron chi connectivity index (χ4n) is 2.39. The third-order valence-corrected chi connectivity index (χ3v) is 5.46. The summed E-state index contributed by atoms with van der Waals surface area (Å²) in [5.41, 5.74) is 1.18. The van der Waals surface area contributed by atoms with E-state index in [1.165, 1.54) is 17.6 Å². The number of halogens is 1. The predicted octanol–water partition coefficient (Wildman–Crippen LogP) is 3.64. The van der Waals surface area contributed by atoms with Gasteiger partial charge in [-0.15, -0.1) is 11.3 Å². The van der Waals surface area contributed by atoms with E-state index in [0.29, 0.717) is 26.9 Å². The summed E-state index contributed by atoms with van der Waals surface area (Å²) in [4.78, 5) is 25.6. The Morgan fingerprint density at radius 3 is 2.74 bits per heavy atom. The Morgan fingerprint density at radius 1 is 1.19 bits per heavy atom. The lowest BCUT2D eigenvalue weighted by molar-refractivity contribution is -0.136. The van der Waals surface area contributed by atoms with Crippen LogP contribution in [0.4, 0.5) is 5.69 Å². The van der Waals surface area contributed by atoms with E-state index in [-0.39, 0.29) is 6.54 Å². The average Bonchev–Trinajstić information content (AvgIpc) is 3.34. The predicted molar refractivity (Wildman–Crippen MR) is 104 cm³/mol. The Kier molecular flexibility index (Phi) is 5.95. The van der Waals surface area contributed by atoms with E-state index in [1.54, 1.807) is 49.4 Å². The fraction of sp³-hybridized carbons (Fsp3) is 0.158. The highest BCUT2D eigenvalue weighted by Crippen LogP contribution is 2.28. The van der Waals surface area contributed by atoms with Gasteiger partial charge in [-0.25, -0.2) is 0 Å². The Balaban J connectivity index is 1.56. The highest BCUT2D eigenvalue weighted by Gasteiger charge is 2.18. The molecule has 0 saturated carbocycles. The van der Waals surface area contributed by atoms with E-state index in [1.807, 2.05) is 0 Å². The minimum absolute atomic E-state index is 0.177. The van der Waals surface area contributed by atoms with Gasteiger partial charge in [0.1, 0.15) is 11.9 Å². The number of thiophene rings is 1. The summed E-state index contributed by atoms with van der Waals surface area (Å²) in [5, 5.41) is 15.8. The molecular weight excluding hydrogens is 388 g/mol. The number of benzene rings is 1. The molecule has 6 nitrogen and oxygen atoms in total. The fourth-order valence-corrected chi connectivity index (χ4v) is 3.51. The van der Waals surface area contributed by atoms with Crippen LogP contribution in [0.25, 0.3) is 0 Å². The lowest BCUT2D eigenvalue weighted by Crippen LogP contribution is -2.34. The number of rotatable bonds is 5. The van der Waals surface area contributed by atoms with Gasteiger partial charge < -0.3 is 20.2 Å². The SMILES string of the molecule is Cc1c(Cl)cccc1NC(=O)C(=O)NCc1ccc(C(O)c2ccco2)s1. The van der Waals surface area contributed by atoms with Crippen LogP contribution in [0.5, 0.6) is 0 Å². The molecule has 0 aliphatic carbocycles. The monoisotopic (exact) mass is 404 g/mol. The van der Waals surface area contributed by atoms with E-state index < -0.39 is 17.9 Å². The van der Waals surface area contributed by atoms with Crippen LogP contribution >= 0.6 is 22.9 Å². The second-order valence-electron chi connectivity index (χ2n) is 5.77. The van der Waals surface area contributed by atoms with Gasteiger partial charge in [-0.05, 0) is 48.9 Å². The molecule has 8 heteroatoms. The number of hydrogen-bond donors (Lipinski definition) is 3. The van der Waals surface area contributed by atoms with Crippen LogP contribution in [0.3, 0.4) is 0 Å². The zero-order chi connectivity index (χ0) is 19.4. The summed E-state index contributed by atoms with van der Waals surface area (Å²) < 4.78 is 5.19. The molecule has 2 amide bonds. The average molecular weight is 405 g/mol. The number of furan rings is 1. The smallest absolute Gasteiger partial charge is 0.313 e. The Hall–Kier alpha value is -2.61. The molecule has 0 aliphatic rings. The largest absolute Gasteiger partial charge is 0.466 e. The maximum Gasteiger partial charge on any atom is 0.313 e. The van der Waals surface area contributed by atoms with Gasteiger partial charge in [0.25, 0.3) is 0 Å². The molecule has 2 heterocycles. The first-order valence-electron chi connectivity index (χ1n) is 8.10. The van der Waals surface area contributed by atoms with Crippen molar-refractivity contribution in [1.82, 2.24) is 5.32 Å². The van der Waals surface area contributed by atoms with Gasteiger partial charge in [0.2, 0.25) is 0 Å². The van der Waals surface area contributed by atoms with E-state index in [4.69, 9.17) is 16.0 Å². The number of hydrogen-bond acceptors (Lipinski definition) is 5. The Morgan fingerprint density at radius 2 is 2.00 bits per heavy atom. The molecule has 1 atom stereocenters. The van der Waals surface area contributed by atoms with E-state index in [0.717, 1.165) is 4.88 Å². The first kappa shape index (κ1) is 19.2. The molecular formula is C19H17ClN2O4S. The molecule has 1 unspecified atom stereocenters. The summed E-state index contributed by atoms with van der Waals surface area (Å²) in [7, 11) is 0. The van der Waals surface area contributed by atoms with Crippen LogP contribution in [-0.2, 0) is 16.1 Å². The summed E-state index contributed by atoms with van der Waals surface area (Å²) >= 11 is 7.33. The number of nitrogens with one attached hydrogen (secondary N) is 2. The number of aliphatic hydroxyl groups is 1. The summed E-state index contributed by atoms with van der Waals surface area (Å²) in [5.74, 6) is -1.08. The lowest BCUT2D eigenvalue weighted by atomic mass is 10.2. The molecule has 2 aromatic heterocycles. The maximum absolute atomic E-state index is 12.1. The lowest BCUT2D eigenvalue weighted by Gasteiger charge is -2.09. The van der Waals surface area contributed by atoms with Crippen LogP contribution in [-0.4, -0.2) is 16.9 Å². The molecule has 0 aliphatic heterocycles. The van der Waals surface area contributed by atoms with Crippen molar-refractivity contribution in [3.63, 3.8) is 0 Å². The van der Waals surface area contributed by atoms with E-state index in [2.05, 4.69) is 10.6 Å². The van der Waals surface area contributed by atoms with Crippen molar-refractivity contribution in [1.29, 1.82) is 0 Å². The van der Waals surface area contributed by atoms with Crippen molar-refractivity contribution in [2.75, 3.05) is 5.32 Å². The second kappa shape index (κ2) is 8.39. The summed E-state index contributed by atoms with van der Waals surface area (Å²) in [6.45, 7) is 1.93. The van der Waals surface area contributed by atoms with E-state index in [9.17, 15) is 14.7 Å². The molecule has 0 fully saturated rings. The van der Waals surface area contributed by atoms with Crippen molar-refractivity contribution in [3.8, 4) is 0 Å². The Bertz CT molecular complexity index is 953. The molecule has 1 aromatic carbocycles. The third-order valence-electron chi connectivity index (χ3n) is 3.91. The Labute approximate surface area is 164 Å². The number of anilines is 1. The standard InChI is InChI=1S/C19H17ClN2O4S/c1-11-13(20)4-2-5-14(11)22-19(25)18(24)21-10-12-7-8-16(27-12)17(23)15-6-3-9-26-15/h2-9,17,23H,10H2,1H3,(H,21,24)(H,22,25). The minimum atomic E-state index is -0.858. The molecule has 3 aromatic rings. The maximum atomic E-state index is 12.1. The van der Waals surface area contributed by atoms with Gasteiger partial charge >= 0.3 is 11.8 Å². The molecule has 140 valence electrons. The van der Waals surface area contributed by atoms with Crippen LogP contribution in [0.2, 0.25) is 5.02 Å². The van der Waals surface area contributed by atoms with Gasteiger partial charge in [0.05, 0.1) is 12.8 Å². The van der Waals surface area contributed by atoms with Crippen molar-refractivity contribution < 1.29 is 19.1 Å². The topological polar surface area (TPSA) is 91.6 Å². The molecule has 3 rings (SSSR count). The van der Waals surface area contributed by atoms with Gasteiger partial charge in [0, 0.05) is 20.5 Å². The highest BCUT2D eigenvalue weighted by molar-refractivity contribution is 7.12. The van der Waals surface area contributed by atoms with Gasteiger partial charge in [-0.1, -0.05) is 17.7 Å². The van der Waals surface area contributed by atoms with Crippen LogP contribution < -0.4 is 10.6 Å². The van der Waals surface area contributed by atoms with Gasteiger partial charge in [-0.2, -0.15) is 0 Å². The molecule has 0 saturated heterocycles. The second-order valence-corrected chi connectivity index (χ2v) is 7.38. The quantitative estimate of drug-likeness (QED) is 0.566. The highest BCUT2D eigenvalue weighted by atomic mass is 35.5. The van der Waals surface area contributed by atoms with Crippen molar-refractivity contribution in [2.24, 2.45) is 0 Å². The van der Waals surface area contributed by atoms with Crippen molar-refractivity contribution in [3.05, 3.63) is 74.8 Å². The summed E-state index contributed by atoms with van der Waals surface area (Å²) in [6, 6.07) is 12.0. The molecule has 27 heavy (non-hydrogen) atoms. The number of aliphatic hydroxyl groups excluding tert-OH is 1. The normalized spacial score (nSPS) is 11.8. The zero-order valence-electron chi connectivity index (χ0n) is 14.4. The first-order valence-corrected chi connectivity index (χ1v) is 9.29. The summed E-state index contributed by atoms with van der Waals surface area (Å²) in [6.07, 6.45) is 0.636. The van der Waals surface area contributed by atoms with Crippen LogP contribution in [0.1, 0.15) is 27.2 Å². The number of carbonyl (C=O) groups excluding carboxylic acids is 2. The number of amides is 2. The third kappa shape index (κ3) is 4.57. The molecule has 3 N–H and O–H groups in total. The molecule has 0 radical (unpaired) electrons. The van der Waals surface area contributed by atoms with Crippen molar-refractivity contribution >= 4 is 40.4 Å². The zero-order valence-corrected chi connectivity index (χ0v) is 15.9. The van der Waals surface area contributed by atoms with Crippen LogP contribution in [0, 0.1) is 6.92 Å². The molecule has 0 bridgehead atoms. The number of carbonyl (C=O) groups is 2. The minimum Gasteiger partial charge on any atom is -0.466 e. The first-order chi connectivity index (χ1) is 13.0. The van der Waals surface area contributed by atoms with Crippen molar-refractivity contribution in [2.45, 2.75) is 19.6 Å². The van der Waals surface area contributed by atoms with Crippen LogP contribution in [0.15, 0.2) is 53.1 Å². The van der Waals surface area contributed by atoms with E-state index >= 15 is 0 Å².